The van der Waals surface area contributed by atoms with E-state index < -0.39 is 0 Å². The predicted octanol–water partition coefficient (Wildman–Crippen LogP) is 2.21. The molecule has 0 amide bonds. The highest BCUT2D eigenvalue weighted by molar-refractivity contribution is 7.99. The largest absolute Gasteiger partial charge is 0.468 e. The molecule has 0 radical (unpaired) electrons. The van der Waals surface area contributed by atoms with Gasteiger partial charge in [0.05, 0.1) is 7.11 Å². The van der Waals surface area contributed by atoms with E-state index in [0.717, 1.165) is 12.8 Å². The van der Waals surface area contributed by atoms with E-state index in [1.165, 1.54) is 24.9 Å². The van der Waals surface area contributed by atoms with Crippen LogP contribution < -0.4 is 5.32 Å². The molecule has 0 aliphatic heterocycles. The number of hydrogen-bond acceptors (Lipinski definition) is 4. The summed E-state index contributed by atoms with van der Waals surface area (Å²) in [5.41, 5.74) is 0. The molecule has 1 aromatic carbocycles. The summed E-state index contributed by atoms with van der Waals surface area (Å²) in [5.74, 6) is -0.0623. The van der Waals surface area contributed by atoms with Crippen LogP contribution in [-0.4, -0.2) is 30.9 Å². The van der Waals surface area contributed by atoms with E-state index in [1.54, 1.807) is 18.2 Å². The molecule has 1 saturated carbocycles. The van der Waals surface area contributed by atoms with E-state index in [2.05, 4.69) is 5.32 Å². The third-order valence-electron chi connectivity index (χ3n) is 2.74. The van der Waals surface area contributed by atoms with Crippen LogP contribution in [0.25, 0.3) is 0 Å². The van der Waals surface area contributed by atoms with Crippen LogP contribution >= 0.6 is 11.8 Å². The second-order valence-corrected chi connectivity index (χ2v) is 5.32. The smallest absolute Gasteiger partial charge is 0.323 e. The molecular weight excluding hydrogens is 253 g/mol. The number of hydrogen-bond donors (Lipinski definition) is 1. The summed E-state index contributed by atoms with van der Waals surface area (Å²) in [6.07, 6.45) is 2.19. The van der Waals surface area contributed by atoms with Gasteiger partial charge in [-0.3, -0.25) is 4.79 Å². The first-order valence-corrected chi connectivity index (χ1v) is 6.90. The number of thioether (sulfide) groups is 1. The minimum absolute atomic E-state index is 0.252. The average Bonchev–Trinajstić information content (AvgIpc) is 3.19. The number of methoxy groups -OCH3 is 1. The number of halogens is 1. The minimum Gasteiger partial charge on any atom is -0.468 e. The summed E-state index contributed by atoms with van der Waals surface area (Å²) in [4.78, 5) is 12.1. The van der Waals surface area contributed by atoms with E-state index >= 15 is 0 Å². The Morgan fingerprint density at radius 1 is 1.56 bits per heavy atom. The van der Waals surface area contributed by atoms with Gasteiger partial charge in [-0.1, -0.05) is 12.1 Å². The second-order valence-electron chi connectivity index (χ2n) is 4.26. The van der Waals surface area contributed by atoms with Crippen molar-refractivity contribution in [1.29, 1.82) is 0 Å². The second kappa shape index (κ2) is 6.20. The summed E-state index contributed by atoms with van der Waals surface area (Å²) < 4.78 is 18.2. The van der Waals surface area contributed by atoms with Crippen molar-refractivity contribution < 1.29 is 13.9 Å². The quantitative estimate of drug-likeness (QED) is 0.635. The number of ether oxygens (including phenoxy) is 1. The SMILES string of the molecule is COC(=O)C(CSc1ccccc1F)NC1CC1. The molecule has 0 bridgehead atoms. The van der Waals surface area contributed by atoms with Gasteiger partial charge in [0, 0.05) is 16.7 Å². The maximum atomic E-state index is 13.4. The van der Waals surface area contributed by atoms with Crippen molar-refractivity contribution in [2.75, 3.05) is 12.9 Å². The number of carbonyl (C=O) groups is 1. The van der Waals surface area contributed by atoms with Crippen molar-refractivity contribution in [3.8, 4) is 0 Å². The van der Waals surface area contributed by atoms with Crippen molar-refractivity contribution in [3.05, 3.63) is 30.1 Å². The van der Waals surface area contributed by atoms with Gasteiger partial charge >= 0.3 is 5.97 Å². The Morgan fingerprint density at radius 3 is 2.89 bits per heavy atom. The van der Waals surface area contributed by atoms with Crippen LogP contribution in [0.15, 0.2) is 29.2 Å². The molecule has 1 unspecified atom stereocenters. The third kappa shape index (κ3) is 3.71. The van der Waals surface area contributed by atoms with E-state index in [4.69, 9.17) is 4.74 Å². The molecule has 1 aromatic rings. The van der Waals surface area contributed by atoms with E-state index in [0.29, 0.717) is 16.7 Å². The maximum absolute atomic E-state index is 13.4. The molecular formula is C13H16FNO2S. The predicted molar refractivity (Wildman–Crippen MR) is 69.1 cm³/mol. The molecule has 1 atom stereocenters. The van der Waals surface area contributed by atoms with Crippen molar-refractivity contribution >= 4 is 17.7 Å². The van der Waals surface area contributed by atoms with Crippen molar-refractivity contribution in [1.82, 2.24) is 5.32 Å². The highest BCUT2D eigenvalue weighted by atomic mass is 32.2. The van der Waals surface area contributed by atoms with Gasteiger partial charge in [0.1, 0.15) is 11.9 Å². The lowest BCUT2D eigenvalue weighted by atomic mass is 10.3. The van der Waals surface area contributed by atoms with Gasteiger partial charge in [0.25, 0.3) is 0 Å². The van der Waals surface area contributed by atoms with Gasteiger partial charge in [-0.2, -0.15) is 0 Å². The normalized spacial score (nSPS) is 16.3. The Kier molecular flexibility index (Phi) is 4.60. The lowest BCUT2D eigenvalue weighted by Crippen LogP contribution is -2.41. The molecule has 5 heteroatoms. The summed E-state index contributed by atoms with van der Waals surface area (Å²) >= 11 is 1.33. The number of benzene rings is 1. The van der Waals surface area contributed by atoms with Crippen LogP contribution in [0.5, 0.6) is 0 Å². The molecule has 0 spiro atoms. The minimum atomic E-state index is -0.368. The summed E-state index contributed by atoms with van der Waals surface area (Å²) in [5, 5.41) is 3.21. The Bertz CT molecular complexity index is 423. The van der Waals surface area contributed by atoms with Crippen molar-refractivity contribution in [2.24, 2.45) is 0 Å². The Balaban J connectivity index is 1.92. The highest BCUT2D eigenvalue weighted by Crippen LogP contribution is 2.24. The fraction of sp³-hybridized carbons (Fsp3) is 0.462. The first-order chi connectivity index (χ1) is 8.70. The van der Waals surface area contributed by atoms with Crippen molar-refractivity contribution in [2.45, 2.75) is 29.8 Å². The Morgan fingerprint density at radius 2 is 2.28 bits per heavy atom. The van der Waals surface area contributed by atoms with E-state index in [-0.39, 0.29) is 17.8 Å². The first kappa shape index (κ1) is 13.4. The van der Waals surface area contributed by atoms with Gasteiger partial charge in [-0.05, 0) is 25.0 Å². The van der Waals surface area contributed by atoms with Crippen LogP contribution in [0.3, 0.4) is 0 Å². The molecule has 3 nitrogen and oxygen atoms in total. The number of rotatable bonds is 6. The molecule has 18 heavy (non-hydrogen) atoms. The fourth-order valence-electron chi connectivity index (χ4n) is 1.60. The Hall–Kier alpha value is -1.07. The standard InChI is InChI=1S/C13H16FNO2S/c1-17-13(16)11(15-9-6-7-9)8-18-12-5-3-2-4-10(12)14/h2-5,9,11,15H,6-8H2,1H3. The van der Waals surface area contributed by atoms with Gasteiger partial charge < -0.3 is 10.1 Å². The average molecular weight is 269 g/mol. The summed E-state index contributed by atoms with van der Waals surface area (Å²) in [6, 6.07) is 6.62. The molecule has 98 valence electrons. The Labute approximate surface area is 110 Å². The lowest BCUT2D eigenvalue weighted by Gasteiger charge is -2.15. The fourth-order valence-corrected chi connectivity index (χ4v) is 2.56. The number of esters is 1. The zero-order valence-corrected chi connectivity index (χ0v) is 11.0. The van der Waals surface area contributed by atoms with Crippen LogP contribution in [0, 0.1) is 5.82 Å². The summed E-state index contributed by atoms with van der Waals surface area (Å²) in [7, 11) is 1.37. The van der Waals surface area contributed by atoms with Gasteiger partial charge in [-0.25, -0.2) is 4.39 Å². The molecule has 0 heterocycles. The zero-order valence-electron chi connectivity index (χ0n) is 10.2. The summed E-state index contributed by atoms with van der Waals surface area (Å²) in [6.45, 7) is 0. The third-order valence-corrected chi connectivity index (χ3v) is 3.88. The topological polar surface area (TPSA) is 38.3 Å². The molecule has 0 aromatic heterocycles. The zero-order chi connectivity index (χ0) is 13.0. The highest BCUT2D eigenvalue weighted by Gasteiger charge is 2.29. The van der Waals surface area contributed by atoms with E-state index in [9.17, 15) is 9.18 Å². The van der Waals surface area contributed by atoms with Gasteiger partial charge in [0.2, 0.25) is 0 Å². The monoisotopic (exact) mass is 269 g/mol. The van der Waals surface area contributed by atoms with Crippen LogP contribution in [0.1, 0.15) is 12.8 Å². The van der Waals surface area contributed by atoms with Crippen LogP contribution in [0.2, 0.25) is 0 Å². The molecule has 0 saturated heterocycles. The van der Waals surface area contributed by atoms with Gasteiger partial charge in [-0.15, -0.1) is 11.8 Å². The molecule has 2 rings (SSSR count). The molecule has 1 aliphatic rings. The van der Waals surface area contributed by atoms with Crippen molar-refractivity contribution in [3.63, 3.8) is 0 Å². The molecule has 1 aliphatic carbocycles. The van der Waals surface area contributed by atoms with Gasteiger partial charge in [0.15, 0.2) is 0 Å². The lowest BCUT2D eigenvalue weighted by molar-refractivity contribution is -0.142. The molecule has 1 N–H and O–H groups in total. The van der Waals surface area contributed by atoms with E-state index in [1.807, 2.05) is 0 Å². The van der Waals surface area contributed by atoms with Crippen LogP contribution in [0.4, 0.5) is 4.39 Å². The first-order valence-electron chi connectivity index (χ1n) is 5.92. The number of nitrogens with one attached hydrogen (secondary N) is 1. The number of carbonyl (C=O) groups excluding carboxylic acids is 1. The molecule has 1 fully saturated rings. The van der Waals surface area contributed by atoms with Crippen LogP contribution in [-0.2, 0) is 9.53 Å². The maximum Gasteiger partial charge on any atom is 0.323 e.